The van der Waals surface area contributed by atoms with Crippen LogP contribution in [0.25, 0.3) is 6.08 Å². The van der Waals surface area contributed by atoms with Gasteiger partial charge in [-0.2, -0.15) is 0 Å². The highest BCUT2D eigenvalue weighted by Gasteiger charge is 2.40. The van der Waals surface area contributed by atoms with Crippen LogP contribution in [0.3, 0.4) is 0 Å². The van der Waals surface area contributed by atoms with Crippen molar-refractivity contribution in [1.82, 2.24) is 15.3 Å². The van der Waals surface area contributed by atoms with Crippen LogP contribution in [0.2, 0.25) is 0 Å². The van der Waals surface area contributed by atoms with E-state index >= 15 is 0 Å². The quantitative estimate of drug-likeness (QED) is 0.786. The first-order chi connectivity index (χ1) is 9.94. The Morgan fingerprint density at radius 2 is 2.10 bits per heavy atom. The molecule has 2 N–H and O–H groups in total. The van der Waals surface area contributed by atoms with Gasteiger partial charge in [-0.15, -0.1) is 0 Å². The smallest absolute Gasteiger partial charge is 0.328 e. The van der Waals surface area contributed by atoms with Gasteiger partial charge in [0.15, 0.2) is 0 Å². The van der Waals surface area contributed by atoms with E-state index in [1.165, 1.54) is 6.08 Å². The average Bonchev–Trinajstić information content (AvgIpc) is 2.88. The molecule has 1 fully saturated rings. The minimum atomic E-state index is -1.01. The lowest BCUT2D eigenvalue weighted by atomic mass is 9.89. The topological polar surface area (TPSA) is 95.4 Å². The number of aromatic nitrogens is 2. The molecule has 1 amide bonds. The van der Waals surface area contributed by atoms with Gasteiger partial charge >= 0.3 is 5.97 Å². The zero-order chi connectivity index (χ0) is 15.5. The monoisotopic (exact) mass is 290 g/mol. The molecule has 0 aliphatic carbocycles. The Morgan fingerprint density at radius 3 is 2.67 bits per heavy atom. The molecule has 112 valence electrons. The van der Waals surface area contributed by atoms with Gasteiger partial charge in [-0.1, -0.05) is 0 Å². The zero-order valence-electron chi connectivity index (χ0n) is 12.0. The van der Waals surface area contributed by atoms with Crippen LogP contribution in [0.15, 0.2) is 18.5 Å². The van der Waals surface area contributed by atoms with E-state index < -0.39 is 11.4 Å². The Labute approximate surface area is 122 Å². The second-order valence-corrected chi connectivity index (χ2v) is 5.30. The second-order valence-electron chi connectivity index (χ2n) is 5.30. The third-order valence-corrected chi connectivity index (χ3v) is 3.61. The van der Waals surface area contributed by atoms with Crippen molar-refractivity contribution in [3.63, 3.8) is 0 Å². The minimum Gasteiger partial charge on any atom is -0.478 e. The fourth-order valence-corrected chi connectivity index (χ4v) is 2.37. The van der Waals surface area contributed by atoms with Gasteiger partial charge in [0, 0.05) is 44.2 Å². The van der Waals surface area contributed by atoms with Crippen molar-refractivity contribution in [2.24, 2.45) is 5.41 Å². The summed E-state index contributed by atoms with van der Waals surface area (Å²) in [5.41, 5.74) is 0.189. The van der Waals surface area contributed by atoms with E-state index in [4.69, 9.17) is 5.11 Å². The second kappa shape index (κ2) is 5.90. The highest BCUT2D eigenvalue weighted by molar-refractivity contribution is 5.85. The number of carboxylic acids is 1. The van der Waals surface area contributed by atoms with E-state index in [9.17, 15) is 9.59 Å². The van der Waals surface area contributed by atoms with Crippen molar-refractivity contribution in [2.75, 3.05) is 25.0 Å². The number of nitrogens with one attached hydrogen (secondary N) is 1. The number of carbonyl (C=O) groups is 2. The summed E-state index contributed by atoms with van der Waals surface area (Å²) in [4.78, 5) is 32.7. The van der Waals surface area contributed by atoms with Gasteiger partial charge in [0.05, 0.1) is 5.41 Å². The number of anilines is 1. The maximum Gasteiger partial charge on any atom is 0.328 e. The van der Waals surface area contributed by atoms with Crippen LogP contribution >= 0.6 is 0 Å². The van der Waals surface area contributed by atoms with E-state index in [-0.39, 0.29) is 5.91 Å². The molecule has 1 unspecified atom stereocenters. The lowest BCUT2D eigenvalue weighted by molar-refractivity contribution is -0.131. The van der Waals surface area contributed by atoms with Crippen molar-refractivity contribution >= 4 is 23.9 Å². The molecule has 1 aromatic rings. The van der Waals surface area contributed by atoms with Gasteiger partial charge in [-0.25, -0.2) is 14.8 Å². The summed E-state index contributed by atoms with van der Waals surface area (Å²) < 4.78 is 0. The summed E-state index contributed by atoms with van der Waals surface area (Å²) in [7, 11) is 1.64. The molecule has 2 rings (SSSR count). The number of nitrogens with zero attached hydrogens (tertiary/aromatic N) is 3. The third-order valence-electron chi connectivity index (χ3n) is 3.61. The van der Waals surface area contributed by atoms with Gasteiger partial charge in [-0.05, 0) is 19.4 Å². The van der Waals surface area contributed by atoms with Crippen molar-refractivity contribution in [3.05, 3.63) is 24.0 Å². The van der Waals surface area contributed by atoms with Gasteiger partial charge in [0.1, 0.15) is 0 Å². The number of amides is 1. The van der Waals surface area contributed by atoms with Crippen molar-refractivity contribution in [3.8, 4) is 0 Å². The Morgan fingerprint density at radius 1 is 1.43 bits per heavy atom. The van der Waals surface area contributed by atoms with Gasteiger partial charge in [0.25, 0.3) is 0 Å². The molecule has 21 heavy (non-hydrogen) atoms. The number of carboxylic acid groups (broad SMARTS) is 1. The molecule has 7 heteroatoms. The molecule has 1 aliphatic heterocycles. The minimum absolute atomic E-state index is 0.0195. The van der Waals surface area contributed by atoms with Crippen molar-refractivity contribution < 1.29 is 14.7 Å². The predicted octanol–water partition coefficient (Wildman–Crippen LogP) is 0.537. The van der Waals surface area contributed by atoms with Crippen LogP contribution in [-0.4, -0.2) is 47.1 Å². The summed E-state index contributed by atoms with van der Waals surface area (Å²) >= 11 is 0. The summed E-state index contributed by atoms with van der Waals surface area (Å²) in [5.74, 6) is -0.443. The Hall–Kier alpha value is -2.44. The van der Waals surface area contributed by atoms with E-state index in [0.29, 0.717) is 24.6 Å². The predicted molar refractivity (Wildman–Crippen MR) is 77.7 cm³/mol. The first-order valence-corrected chi connectivity index (χ1v) is 6.65. The van der Waals surface area contributed by atoms with E-state index in [1.807, 2.05) is 11.8 Å². The van der Waals surface area contributed by atoms with Gasteiger partial charge in [-0.3, -0.25) is 4.79 Å². The molecule has 1 aliphatic rings. The molecule has 0 bridgehead atoms. The van der Waals surface area contributed by atoms with Crippen LogP contribution in [0.5, 0.6) is 0 Å². The molecule has 0 saturated carbocycles. The molecule has 0 spiro atoms. The molecule has 1 aromatic heterocycles. The van der Waals surface area contributed by atoms with Crippen LogP contribution < -0.4 is 10.2 Å². The molecular formula is C14H18N4O3. The summed E-state index contributed by atoms with van der Waals surface area (Å²) in [6.45, 7) is 3.21. The van der Waals surface area contributed by atoms with Crippen LogP contribution in [0, 0.1) is 5.41 Å². The standard InChI is InChI=1S/C14H18N4O3/c1-14(12(21)15-2)5-6-18(9-14)13-16-7-10(8-17-13)3-4-11(19)20/h3-4,7-8H,5-6,9H2,1-2H3,(H,15,21)(H,19,20)/b4-3+. The van der Waals surface area contributed by atoms with Gasteiger partial charge in [0.2, 0.25) is 11.9 Å². The number of hydrogen-bond donors (Lipinski definition) is 2. The van der Waals surface area contributed by atoms with Crippen molar-refractivity contribution in [2.45, 2.75) is 13.3 Å². The molecule has 1 atom stereocenters. The lowest BCUT2D eigenvalue weighted by Gasteiger charge is -2.22. The highest BCUT2D eigenvalue weighted by Crippen LogP contribution is 2.31. The first-order valence-electron chi connectivity index (χ1n) is 6.65. The largest absolute Gasteiger partial charge is 0.478 e. The van der Waals surface area contributed by atoms with Gasteiger partial charge < -0.3 is 15.3 Å². The van der Waals surface area contributed by atoms with E-state index in [1.54, 1.807) is 19.4 Å². The molecule has 0 radical (unpaired) electrons. The van der Waals surface area contributed by atoms with Crippen LogP contribution in [-0.2, 0) is 9.59 Å². The molecule has 0 aromatic carbocycles. The van der Waals surface area contributed by atoms with Crippen molar-refractivity contribution in [1.29, 1.82) is 0 Å². The zero-order valence-corrected chi connectivity index (χ0v) is 12.0. The molecule has 2 heterocycles. The number of carbonyl (C=O) groups excluding carboxylic acids is 1. The van der Waals surface area contributed by atoms with Crippen LogP contribution in [0.4, 0.5) is 5.95 Å². The summed E-state index contributed by atoms with van der Waals surface area (Å²) in [5, 5.41) is 11.2. The number of aliphatic carboxylic acids is 1. The van der Waals surface area contributed by atoms with E-state index in [0.717, 1.165) is 12.5 Å². The SMILES string of the molecule is CNC(=O)C1(C)CCN(c2ncc(/C=C/C(=O)O)cn2)C1. The highest BCUT2D eigenvalue weighted by atomic mass is 16.4. The number of rotatable bonds is 4. The molecular weight excluding hydrogens is 272 g/mol. The Kier molecular flexibility index (Phi) is 4.21. The fourth-order valence-electron chi connectivity index (χ4n) is 2.37. The maximum absolute atomic E-state index is 11.9. The Balaban J connectivity index is 2.07. The third kappa shape index (κ3) is 3.36. The lowest BCUT2D eigenvalue weighted by Crippen LogP contribution is -2.39. The van der Waals surface area contributed by atoms with E-state index in [2.05, 4.69) is 15.3 Å². The summed E-state index contributed by atoms with van der Waals surface area (Å²) in [6, 6.07) is 0. The fraction of sp³-hybridized carbons (Fsp3) is 0.429. The average molecular weight is 290 g/mol. The maximum atomic E-state index is 11.9. The molecule has 7 nitrogen and oxygen atoms in total. The van der Waals surface area contributed by atoms with Crippen LogP contribution in [0.1, 0.15) is 18.9 Å². The summed E-state index contributed by atoms with van der Waals surface area (Å²) in [6.07, 6.45) is 6.35. The Bertz CT molecular complexity index is 570. The first kappa shape index (κ1) is 15.0. The number of hydrogen-bond acceptors (Lipinski definition) is 5. The normalized spacial score (nSPS) is 21.7. The molecule has 1 saturated heterocycles.